The standard InChI is InChI=1S/C16H22FNO3/c1-21-14-6-4-12(10-13(14)17)5-7-15(20)18-16(11-19)8-2-3-9-16/h4,6,10,19H,2-3,5,7-9,11H2,1H3,(H,18,20). The summed E-state index contributed by atoms with van der Waals surface area (Å²) in [5, 5.41) is 12.4. The van der Waals surface area contributed by atoms with Crippen molar-refractivity contribution in [2.45, 2.75) is 44.1 Å². The van der Waals surface area contributed by atoms with Crippen molar-refractivity contribution in [1.82, 2.24) is 5.32 Å². The largest absolute Gasteiger partial charge is 0.494 e. The van der Waals surface area contributed by atoms with Crippen molar-refractivity contribution in [3.8, 4) is 5.75 Å². The average molecular weight is 295 g/mol. The summed E-state index contributed by atoms with van der Waals surface area (Å²) in [4.78, 5) is 12.0. The van der Waals surface area contributed by atoms with Crippen LogP contribution in [0.5, 0.6) is 5.75 Å². The Morgan fingerprint density at radius 1 is 1.43 bits per heavy atom. The van der Waals surface area contributed by atoms with E-state index in [0.717, 1.165) is 31.2 Å². The molecule has 0 spiro atoms. The molecule has 5 heteroatoms. The van der Waals surface area contributed by atoms with Crippen molar-refractivity contribution in [2.75, 3.05) is 13.7 Å². The zero-order valence-electron chi connectivity index (χ0n) is 12.3. The molecule has 0 atom stereocenters. The first kappa shape index (κ1) is 15.8. The summed E-state index contributed by atoms with van der Waals surface area (Å²) in [6.07, 6.45) is 4.47. The lowest BCUT2D eigenvalue weighted by molar-refractivity contribution is -0.123. The van der Waals surface area contributed by atoms with Gasteiger partial charge in [-0.2, -0.15) is 0 Å². The van der Waals surface area contributed by atoms with E-state index in [-0.39, 0.29) is 24.7 Å². The van der Waals surface area contributed by atoms with E-state index in [9.17, 15) is 14.3 Å². The van der Waals surface area contributed by atoms with E-state index in [4.69, 9.17) is 4.74 Å². The van der Waals surface area contributed by atoms with Gasteiger partial charge < -0.3 is 15.2 Å². The molecule has 0 heterocycles. The first-order valence-corrected chi connectivity index (χ1v) is 7.33. The molecule has 1 aliphatic rings. The highest BCUT2D eigenvalue weighted by Crippen LogP contribution is 2.29. The number of ether oxygens (including phenoxy) is 1. The Bertz CT molecular complexity index is 498. The van der Waals surface area contributed by atoms with Crippen molar-refractivity contribution in [3.63, 3.8) is 0 Å². The number of benzene rings is 1. The molecule has 1 aromatic carbocycles. The lowest BCUT2D eigenvalue weighted by Crippen LogP contribution is -2.49. The van der Waals surface area contributed by atoms with Crippen LogP contribution in [0, 0.1) is 5.82 Å². The maximum atomic E-state index is 13.6. The number of aliphatic hydroxyl groups excluding tert-OH is 1. The molecular weight excluding hydrogens is 273 g/mol. The molecule has 1 fully saturated rings. The van der Waals surface area contributed by atoms with Crippen LogP contribution in [0.2, 0.25) is 0 Å². The number of carbonyl (C=O) groups excluding carboxylic acids is 1. The second-order valence-electron chi connectivity index (χ2n) is 5.66. The smallest absolute Gasteiger partial charge is 0.220 e. The van der Waals surface area contributed by atoms with Crippen LogP contribution >= 0.6 is 0 Å². The number of hydrogen-bond donors (Lipinski definition) is 2. The van der Waals surface area contributed by atoms with E-state index in [1.807, 2.05) is 0 Å². The van der Waals surface area contributed by atoms with Gasteiger partial charge in [-0.3, -0.25) is 4.79 Å². The fraction of sp³-hybridized carbons (Fsp3) is 0.562. The summed E-state index contributed by atoms with van der Waals surface area (Å²) >= 11 is 0. The summed E-state index contributed by atoms with van der Waals surface area (Å²) in [6.45, 7) is -0.0180. The van der Waals surface area contributed by atoms with Crippen molar-refractivity contribution >= 4 is 5.91 Å². The maximum absolute atomic E-state index is 13.6. The molecule has 0 saturated heterocycles. The van der Waals surface area contributed by atoms with E-state index >= 15 is 0 Å². The van der Waals surface area contributed by atoms with Gasteiger partial charge >= 0.3 is 0 Å². The minimum absolute atomic E-state index is 0.0180. The zero-order chi connectivity index (χ0) is 15.3. The van der Waals surface area contributed by atoms with Crippen LogP contribution in [0.25, 0.3) is 0 Å². The Labute approximate surface area is 124 Å². The van der Waals surface area contributed by atoms with E-state index < -0.39 is 11.4 Å². The Morgan fingerprint density at radius 3 is 2.71 bits per heavy atom. The van der Waals surface area contributed by atoms with Gasteiger partial charge in [0.2, 0.25) is 5.91 Å². The number of methoxy groups -OCH3 is 1. The topological polar surface area (TPSA) is 58.6 Å². The summed E-state index contributed by atoms with van der Waals surface area (Å²) in [5.74, 6) is -0.311. The number of amides is 1. The van der Waals surface area contributed by atoms with Gasteiger partial charge in [0.15, 0.2) is 11.6 Å². The molecule has 1 aliphatic carbocycles. The second kappa shape index (κ2) is 6.89. The fourth-order valence-corrected chi connectivity index (χ4v) is 2.86. The zero-order valence-corrected chi connectivity index (χ0v) is 12.3. The van der Waals surface area contributed by atoms with Crippen molar-refractivity contribution < 1.29 is 19.0 Å². The van der Waals surface area contributed by atoms with Crippen molar-refractivity contribution in [3.05, 3.63) is 29.6 Å². The minimum atomic E-state index is -0.442. The van der Waals surface area contributed by atoms with Crippen LogP contribution in [0.3, 0.4) is 0 Å². The monoisotopic (exact) mass is 295 g/mol. The van der Waals surface area contributed by atoms with Gasteiger partial charge in [0.25, 0.3) is 0 Å². The van der Waals surface area contributed by atoms with Gasteiger partial charge in [0.05, 0.1) is 19.3 Å². The van der Waals surface area contributed by atoms with E-state index in [0.29, 0.717) is 6.42 Å². The molecule has 2 rings (SSSR count). The summed E-state index contributed by atoms with van der Waals surface area (Å²) < 4.78 is 18.4. The first-order valence-electron chi connectivity index (χ1n) is 7.33. The molecule has 1 saturated carbocycles. The van der Waals surface area contributed by atoms with Crippen LogP contribution < -0.4 is 10.1 Å². The van der Waals surface area contributed by atoms with Crippen LogP contribution in [-0.4, -0.2) is 30.3 Å². The number of rotatable bonds is 6. The van der Waals surface area contributed by atoms with Crippen LogP contribution in [0.15, 0.2) is 18.2 Å². The van der Waals surface area contributed by atoms with Crippen molar-refractivity contribution in [1.29, 1.82) is 0 Å². The van der Waals surface area contributed by atoms with Gasteiger partial charge in [0, 0.05) is 6.42 Å². The summed E-state index contributed by atoms with van der Waals surface area (Å²) in [6, 6.07) is 4.71. The van der Waals surface area contributed by atoms with Gasteiger partial charge in [0.1, 0.15) is 0 Å². The minimum Gasteiger partial charge on any atom is -0.494 e. The molecule has 1 amide bonds. The third kappa shape index (κ3) is 3.94. The third-order valence-electron chi connectivity index (χ3n) is 4.12. The third-order valence-corrected chi connectivity index (χ3v) is 4.12. The second-order valence-corrected chi connectivity index (χ2v) is 5.66. The molecule has 1 aromatic rings. The lowest BCUT2D eigenvalue weighted by atomic mass is 9.98. The Hall–Kier alpha value is -1.62. The van der Waals surface area contributed by atoms with Gasteiger partial charge in [-0.05, 0) is 37.0 Å². The van der Waals surface area contributed by atoms with Crippen LogP contribution in [0.4, 0.5) is 4.39 Å². The molecule has 21 heavy (non-hydrogen) atoms. The Kier molecular flexibility index (Phi) is 5.17. The molecule has 0 aromatic heterocycles. The number of nitrogens with one attached hydrogen (secondary N) is 1. The number of hydrogen-bond acceptors (Lipinski definition) is 3. The number of carbonyl (C=O) groups is 1. The van der Waals surface area contributed by atoms with Gasteiger partial charge in [-0.25, -0.2) is 4.39 Å². The molecule has 116 valence electrons. The quantitative estimate of drug-likeness (QED) is 0.846. The fourth-order valence-electron chi connectivity index (χ4n) is 2.86. The Balaban J connectivity index is 1.87. The highest BCUT2D eigenvalue weighted by Gasteiger charge is 2.34. The SMILES string of the molecule is COc1ccc(CCC(=O)NC2(CO)CCCC2)cc1F. The van der Waals surface area contributed by atoms with E-state index in [2.05, 4.69) is 5.32 Å². The molecule has 0 aliphatic heterocycles. The predicted molar refractivity (Wildman–Crippen MR) is 77.7 cm³/mol. The highest BCUT2D eigenvalue weighted by atomic mass is 19.1. The first-order chi connectivity index (χ1) is 10.1. The highest BCUT2D eigenvalue weighted by molar-refractivity contribution is 5.77. The van der Waals surface area contributed by atoms with Crippen LogP contribution in [0.1, 0.15) is 37.7 Å². The number of aliphatic hydroxyl groups is 1. The van der Waals surface area contributed by atoms with Crippen LogP contribution in [-0.2, 0) is 11.2 Å². The lowest BCUT2D eigenvalue weighted by Gasteiger charge is -2.28. The maximum Gasteiger partial charge on any atom is 0.220 e. The average Bonchev–Trinajstić information content (AvgIpc) is 2.94. The molecular formula is C16H22FNO3. The number of aryl methyl sites for hydroxylation is 1. The molecule has 4 nitrogen and oxygen atoms in total. The summed E-state index contributed by atoms with van der Waals surface area (Å²) in [5.41, 5.74) is 0.315. The molecule has 2 N–H and O–H groups in total. The molecule has 0 bridgehead atoms. The van der Waals surface area contributed by atoms with E-state index in [1.54, 1.807) is 12.1 Å². The Morgan fingerprint density at radius 2 is 2.14 bits per heavy atom. The number of halogens is 1. The van der Waals surface area contributed by atoms with E-state index in [1.165, 1.54) is 13.2 Å². The normalized spacial score (nSPS) is 16.7. The molecule has 0 unspecified atom stereocenters. The van der Waals surface area contributed by atoms with Gasteiger partial charge in [-0.15, -0.1) is 0 Å². The van der Waals surface area contributed by atoms with Gasteiger partial charge in [-0.1, -0.05) is 18.9 Å². The molecule has 0 radical (unpaired) electrons. The van der Waals surface area contributed by atoms with Crippen molar-refractivity contribution in [2.24, 2.45) is 0 Å². The summed E-state index contributed by atoms with van der Waals surface area (Å²) in [7, 11) is 1.42. The predicted octanol–water partition coefficient (Wildman–Crippen LogP) is 2.19.